The van der Waals surface area contributed by atoms with E-state index in [1.807, 2.05) is 0 Å². The minimum absolute atomic E-state index is 0.840. The van der Waals surface area contributed by atoms with Crippen LogP contribution in [0.25, 0.3) is 0 Å². The summed E-state index contributed by atoms with van der Waals surface area (Å²) < 4.78 is 0. The normalized spacial score (nSPS) is 13.8. The van der Waals surface area contributed by atoms with E-state index in [1.165, 1.54) is 36.5 Å². The molecule has 0 saturated heterocycles. The molecule has 0 saturated carbocycles. The van der Waals surface area contributed by atoms with Gasteiger partial charge in [0.15, 0.2) is 0 Å². The quantitative estimate of drug-likeness (QED) is 0.431. The first-order valence-corrected chi connectivity index (χ1v) is 9.81. The van der Waals surface area contributed by atoms with Gasteiger partial charge >= 0.3 is 0 Å². The molecule has 110 valence electrons. The standard InChI is InChI=1S/C16H34S2/c1-13(2)7-9-17-12-16(11-15(5)6)18-10-8-14(3)4/h13-16H,7-12H2,1-6H3. The van der Waals surface area contributed by atoms with Crippen LogP contribution in [0.15, 0.2) is 0 Å². The van der Waals surface area contributed by atoms with Gasteiger partial charge in [-0.1, -0.05) is 41.5 Å². The number of hydrogen-bond donors (Lipinski definition) is 0. The average molecular weight is 291 g/mol. The first-order chi connectivity index (χ1) is 8.41. The molecule has 18 heavy (non-hydrogen) atoms. The molecule has 0 aromatic carbocycles. The predicted molar refractivity (Wildman–Crippen MR) is 91.9 cm³/mol. The molecule has 0 aromatic rings. The molecule has 0 rings (SSSR count). The molecule has 0 radical (unpaired) electrons. The van der Waals surface area contributed by atoms with Gasteiger partial charge in [0.2, 0.25) is 0 Å². The monoisotopic (exact) mass is 290 g/mol. The zero-order valence-electron chi connectivity index (χ0n) is 13.4. The van der Waals surface area contributed by atoms with Crippen LogP contribution in [0.2, 0.25) is 0 Å². The molecule has 0 aliphatic rings. The summed E-state index contributed by atoms with van der Waals surface area (Å²) in [6, 6.07) is 0. The third-order valence-corrected chi connectivity index (χ3v) is 5.60. The van der Waals surface area contributed by atoms with E-state index in [0.29, 0.717) is 0 Å². The Morgan fingerprint density at radius 3 is 1.78 bits per heavy atom. The Bertz CT molecular complexity index is 176. The van der Waals surface area contributed by atoms with Crippen molar-refractivity contribution in [2.75, 3.05) is 17.3 Å². The lowest BCUT2D eigenvalue weighted by Gasteiger charge is -2.19. The summed E-state index contributed by atoms with van der Waals surface area (Å²) in [5.74, 6) is 6.59. The van der Waals surface area contributed by atoms with E-state index in [1.54, 1.807) is 0 Å². The van der Waals surface area contributed by atoms with E-state index in [0.717, 1.165) is 23.0 Å². The molecular weight excluding hydrogens is 256 g/mol. The van der Waals surface area contributed by atoms with Gasteiger partial charge in [0, 0.05) is 11.0 Å². The molecule has 0 nitrogen and oxygen atoms in total. The highest BCUT2D eigenvalue weighted by Crippen LogP contribution is 2.25. The van der Waals surface area contributed by atoms with Crippen molar-refractivity contribution >= 4 is 23.5 Å². The van der Waals surface area contributed by atoms with Gasteiger partial charge in [-0.05, 0) is 48.5 Å². The zero-order valence-corrected chi connectivity index (χ0v) is 15.0. The zero-order chi connectivity index (χ0) is 14.0. The van der Waals surface area contributed by atoms with Crippen LogP contribution in [0.1, 0.15) is 60.8 Å². The van der Waals surface area contributed by atoms with Crippen LogP contribution in [-0.4, -0.2) is 22.5 Å². The van der Waals surface area contributed by atoms with Gasteiger partial charge in [-0.15, -0.1) is 0 Å². The topological polar surface area (TPSA) is 0 Å². The highest BCUT2D eigenvalue weighted by atomic mass is 32.2. The molecule has 0 spiro atoms. The van der Waals surface area contributed by atoms with E-state index >= 15 is 0 Å². The number of rotatable bonds is 11. The molecule has 0 bridgehead atoms. The Morgan fingerprint density at radius 2 is 1.28 bits per heavy atom. The molecule has 0 fully saturated rings. The second kappa shape index (κ2) is 11.5. The Hall–Kier alpha value is 0.700. The summed E-state index contributed by atoms with van der Waals surface area (Å²) in [4.78, 5) is 0. The molecule has 0 amide bonds. The van der Waals surface area contributed by atoms with E-state index in [9.17, 15) is 0 Å². The summed E-state index contributed by atoms with van der Waals surface area (Å²) in [6.45, 7) is 14.0. The molecular formula is C16H34S2. The largest absolute Gasteiger partial charge is 0.161 e. The van der Waals surface area contributed by atoms with Crippen LogP contribution in [0.4, 0.5) is 0 Å². The fraction of sp³-hybridized carbons (Fsp3) is 1.00. The van der Waals surface area contributed by atoms with Gasteiger partial charge < -0.3 is 0 Å². The van der Waals surface area contributed by atoms with Gasteiger partial charge in [0.05, 0.1) is 0 Å². The lowest BCUT2D eigenvalue weighted by Crippen LogP contribution is -2.12. The van der Waals surface area contributed by atoms with Gasteiger partial charge in [-0.25, -0.2) is 0 Å². The van der Waals surface area contributed by atoms with Crippen LogP contribution in [0.5, 0.6) is 0 Å². The number of hydrogen-bond acceptors (Lipinski definition) is 2. The van der Waals surface area contributed by atoms with E-state index in [4.69, 9.17) is 0 Å². The highest BCUT2D eigenvalue weighted by molar-refractivity contribution is 8.03. The lowest BCUT2D eigenvalue weighted by atomic mass is 10.1. The lowest BCUT2D eigenvalue weighted by molar-refractivity contribution is 0.584. The first kappa shape index (κ1) is 18.7. The van der Waals surface area contributed by atoms with E-state index in [-0.39, 0.29) is 0 Å². The fourth-order valence-corrected chi connectivity index (χ4v) is 5.05. The van der Waals surface area contributed by atoms with Crippen LogP contribution in [0, 0.1) is 17.8 Å². The van der Waals surface area contributed by atoms with Crippen molar-refractivity contribution in [2.45, 2.75) is 66.1 Å². The van der Waals surface area contributed by atoms with Crippen molar-refractivity contribution in [1.82, 2.24) is 0 Å². The summed E-state index contributed by atoms with van der Waals surface area (Å²) in [7, 11) is 0. The third-order valence-electron chi connectivity index (χ3n) is 2.93. The Kier molecular flexibility index (Phi) is 12.0. The van der Waals surface area contributed by atoms with Crippen molar-refractivity contribution in [3.8, 4) is 0 Å². The van der Waals surface area contributed by atoms with Gasteiger partial charge in [0.25, 0.3) is 0 Å². The Labute approximate surface area is 124 Å². The van der Waals surface area contributed by atoms with Crippen molar-refractivity contribution in [2.24, 2.45) is 17.8 Å². The predicted octanol–water partition coefficient (Wildman–Crippen LogP) is 5.96. The molecule has 1 unspecified atom stereocenters. The third kappa shape index (κ3) is 13.1. The van der Waals surface area contributed by atoms with Crippen LogP contribution in [-0.2, 0) is 0 Å². The molecule has 2 heteroatoms. The summed E-state index contributed by atoms with van der Waals surface area (Å²) in [5.41, 5.74) is 0. The maximum atomic E-state index is 2.36. The van der Waals surface area contributed by atoms with Crippen LogP contribution < -0.4 is 0 Å². The molecule has 1 atom stereocenters. The van der Waals surface area contributed by atoms with Crippen molar-refractivity contribution in [3.05, 3.63) is 0 Å². The first-order valence-electron chi connectivity index (χ1n) is 7.61. The summed E-state index contributed by atoms with van der Waals surface area (Å²) in [6.07, 6.45) is 4.13. The SMILES string of the molecule is CC(C)CCSCC(CC(C)C)SCCC(C)C. The maximum absolute atomic E-state index is 2.36. The maximum Gasteiger partial charge on any atom is 0.0140 e. The van der Waals surface area contributed by atoms with Gasteiger partial charge in [-0.3, -0.25) is 0 Å². The average Bonchev–Trinajstić information content (AvgIpc) is 2.22. The molecule has 0 aliphatic carbocycles. The van der Waals surface area contributed by atoms with Crippen molar-refractivity contribution in [3.63, 3.8) is 0 Å². The Morgan fingerprint density at radius 1 is 0.722 bits per heavy atom. The second-order valence-corrected chi connectivity index (χ2v) is 9.12. The smallest absolute Gasteiger partial charge is 0.0140 e. The molecule has 0 aromatic heterocycles. The Balaban J connectivity index is 3.77. The van der Waals surface area contributed by atoms with E-state index < -0.39 is 0 Å². The molecule has 0 heterocycles. The van der Waals surface area contributed by atoms with Crippen LogP contribution in [0.3, 0.4) is 0 Å². The second-order valence-electron chi connectivity index (χ2n) is 6.56. The highest BCUT2D eigenvalue weighted by Gasteiger charge is 2.12. The van der Waals surface area contributed by atoms with Crippen molar-refractivity contribution in [1.29, 1.82) is 0 Å². The minimum Gasteiger partial charge on any atom is -0.161 e. The van der Waals surface area contributed by atoms with Crippen LogP contribution >= 0.6 is 23.5 Å². The van der Waals surface area contributed by atoms with Gasteiger partial charge in [0.1, 0.15) is 0 Å². The van der Waals surface area contributed by atoms with Gasteiger partial charge in [-0.2, -0.15) is 23.5 Å². The minimum atomic E-state index is 0.840. The van der Waals surface area contributed by atoms with E-state index in [2.05, 4.69) is 65.1 Å². The summed E-state index contributed by atoms with van der Waals surface area (Å²) in [5, 5.41) is 0.876. The molecule has 0 N–H and O–H groups in total. The number of thioether (sulfide) groups is 2. The fourth-order valence-electron chi connectivity index (χ4n) is 1.71. The van der Waals surface area contributed by atoms with Crippen molar-refractivity contribution < 1.29 is 0 Å². The molecule has 0 aliphatic heterocycles. The summed E-state index contributed by atoms with van der Waals surface area (Å²) >= 11 is 4.39.